The van der Waals surface area contributed by atoms with Crippen molar-refractivity contribution in [2.75, 3.05) is 0 Å². The summed E-state index contributed by atoms with van der Waals surface area (Å²) in [7, 11) is 0. The van der Waals surface area contributed by atoms with E-state index in [0.717, 1.165) is 23.2 Å². The normalized spacial score (nSPS) is 13.4. The fourth-order valence-electron chi connectivity index (χ4n) is 2.37. The van der Waals surface area contributed by atoms with Crippen LogP contribution < -0.4 is 5.73 Å². The van der Waals surface area contributed by atoms with Gasteiger partial charge >= 0.3 is 0 Å². The molecule has 0 spiro atoms. The molecular weight excluding hydrogens is 290 g/mol. The summed E-state index contributed by atoms with van der Waals surface area (Å²) < 4.78 is 3.68. The number of nitrogens with one attached hydrogen (secondary N) is 1. The molecule has 118 valence electrons. The Morgan fingerprint density at radius 3 is 2.91 bits per heavy atom. The van der Waals surface area contributed by atoms with E-state index in [9.17, 15) is 0 Å². The number of hydrogen-bond donors (Lipinski definition) is 2. The van der Waals surface area contributed by atoms with Gasteiger partial charge in [-0.15, -0.1) is 0 Å². The van der Waals surface area contributed by atoms with Crippen molar-refractivity contribution in [3.63, 3.8) is 0 Å². The number of hydrogen-bond acceptors (Lipinski definition) is 5. The zero-order chi connectivity index (χ0) is 16.4. The predicted octanol–water partition coefficient (Wildman–Crippen LogP) is 2.51. The molecule has 0 fully saturated rings. The quantitative estimate of drug-likeness (QED) is 0.707. The fourth-order valence-corrected chi connectivity index (χ4v) is 2.37. The van der Waals surface area contributed by atoms with Crippen molar-refractivity contribution < 1.29 is 0 Å². The van der Waals surface area contributed by atoms with Gasteiger partial charge in [0.1, 0.15) is 0 Å². The molecule has 0 amide bonds. The standard InChI is InChI=1S/C16H19N7/c1-3-11(2)22-9-13(8-20-22)16-15-4-5-19-23(15)10-14(21-16)12(6-17)7-18/h4-11,17H,3,18H2,1-2H3/b12-7+,17-6?. The van der Waals surface area contributed by atoms with Crippen LogP contribution in [0.3, 0.4) is 0 Å². The van der Waals surface area contributed by atoms with Gasteiger partial charge in [-0.05, 0) is 19.4 Å². The van der Waals surface area contributed by atoms with E-state index in [2.05, 4.69) is 29.0 Å². The third kappa shape index (κ3) is 2.61. The second-order valence-electron chi connectivity index (χ2n) is 5.37. The number of nitrogens with zero attached hydrogens (tertiary/aromatic N) is 5. The highest BCUT2D eigenvalue weighted by molar-refractivity contribution is 6.07. The molecule has 0 aliphatic heterocycles. The van der Waals surface area contributed by atoms with Crippen molar-refractivity contribution in [2.24, 2.45) is 5.73 Å². The number of fused-ring (bicyclic) bond motifs is 1. The lowest BCUT2D eigenvalue weighted by molar-refractivity contribution is 0.478. The summed E-state index contributed by atoms with van der Waals surface area (Å²) >= 11 is 0. The van der Waals surface area contributed by atoms with E-state index in [1.807, 2.05) is 23.1 Å². The molecule has 0 bridgehead atoms. The summed E-state index contributed by atoms with van der Waals surface area (Å²) in [5, 5.41) is 16.2. The van der Waals surface area contributed by atoms with Gasteiger partial charge in [0.2, 0.25) is 0 Å². The Balaban J connectivity index is 2.17. The third-order valence-electron chi connectivity index (χ3n) is 3.94. The molecule has 3 aromatic rings. The molecule has 0 aliphatic rings. The summed E-state index contributed by atoms with van der Waals surface area (Å²) in [6, 6.07) is 2.23. The van der Waals surface area contributed by atoms with E-state index >= 15 is 0 Å². The molecule has 0 saturated heterocycles. The molecular formula is C16H19N7. The van der Waals surface area contributed by atoms with Crippen molar-refractivity contribution >= 4 is 17.3 Å². The van der Waals surface area contributed by atoms with Crippen LogP contribution in [0.5, 0.6) is 0 Å². The third-order valence-corrected chi connectivity index (χ3v) is 3.94. The van der Waals surface area contributed by atoms with E-state index in [1.165, 1.54) is 12.4 Å². The second-order valence-corrected chi connectivity index (χ2v) is 5.37. The van der Waals surface area contributed by atoms with E-state index in [1.54, 1.807) is 16.9 Å². The second kappa shape index (κ2) is 6.04. The summed E-state index contributed by atoms with van der Waals surface area (Å²) in [5.74, 6) is 0. The number of nitrogens with two attached hydrogens (primary N) is 1. The zero-order valence-electron chi connectivity index (χ0n) is 13.1. The highest BCUT2D eigenvalue weighted by atomic mass is 15.3. The van der Waals surface area contributed by atoms with Gasteiger partial charge in [0, 0.05) is 35.8 Å². The number of allylic oxidation sites excluding steroid dienone is 1. The Morgan fingerprint density at radius 2 is 2.22 bits per heavy atom. The minimum Gasteiger partial charge on any atom is -0.404 e. The summed E-state index contributed by atoms with van der Waals surface area (Å²) in [5.41, 5.74) is 9.30. The first-order valence-electron chi connectivity index (χ1n) is 7.49. The Kier molecular flexibility index (Phi) is 3.92. The largest absolute Gasteiger partial charge is 0.404 e. The molecule has 1 atom stereocenters. The minimum absolute atomic E-state index is 0.328. The predicted molar refractivity (Wildman–Crippen MR) is 90.2 cm³/mol. The lowest BCUT2D eigenvalue weighted by Crippen LogP contribution is -2.03. The van der Waals surface area contributed by atoms with Crippen LogP contribution in [-0.4, -0.2) is 30.6 Å². The van der Waals surface area contributed by atoms with E-state index < -0.39 is 0 Å². The van der Waals surface area contributed by atoms with Gasteiger partial charge in [0.25, 0.3) is 0 Å². The first-order valence-corrected chi connectivity index (χ1v) is 7.49. The molecule has 3 aromatic heterocycles. The summed E-state index contributed by atoms with van der Waals surface area (Å²) in [4.78, 5) is 4.67. The molecule has 0 aromatic carbocycles. The first-order chi connectivity index (χ1) is 11.2. The van der Waals surface area contributed by atoms with Gasteiger partial charge in [-0.2, -0.15) is 10.2 Å². The van der Waals surface area contributed by atoms with Crippen LogP contribution >= 0.6 is 0 Å². The maximum Gasteiger partial charge on any atom is 0.0999 e. The van der Waals surface area contributed by atoms with Gasteiger partial charge in [-0.3, -0.25) is 4.68 Å². The maximum absolute atomic E-state index is 7.47. The first kappa shape index (κ1) is 15.0. The Labute approximate surface area is 134 Å². The molecule has 3 heterocycles. The molecule has 0 aliphatic carbocycles. The zero-order valence-corrected chi connectivity index (χ0v) is 13.1. The average molecular weight is 309 g/mol. The molecule has 1 unspecified atom stereocenters. The van der Waals surface area contributed by atoms with Crippen LogP contribution in [0.4, 0.5) is 0 Å². The molecule has 3 rings (SSSR count). The molecule has 7 nitrogen and oxygen atoms in total. The Hall–Kier alpha value is -2.96. The van der Waals surface area contributed by atoms with Crippen molar-refractivity contribution in [3.05, 3.63) is 42.7 Å². The van der Waals surface area contributed by atoms with Crippen molar-refractivity contribution in [1.82, 2.24) is 24.4 Å². The molecule has 0 saturated carbocycles. The summed E-state index contributed by atoms with van der Waals surface area (Å²) in [6.45, 7) is 4.25. The van der Waals surface area contributed by atoms with Crippen LogP contribution in [0.1, 0.15) is 32.0 Å². The van der Waals surface area contributed by atoms with Crippen LogP contribution in [0, 0.1) is 5.41 Å². The topological polar surface area (TPSA) is 97.9 Å². The van der Waals surface area contributed by atoms with Gasteiger partial charge < -0.3 is 11.1 Å². The fraction of sp³-hybridized carbons (Fsp3) is 0.250. The SMILES string of the molecule is CCC(C)n1cc(-c2nc(/C(C=N)=C/N)cn3nccc23)cn1. The Morgan fingerprint density at radius 1 is 1.39 bits per heavy atom. The molecule has 0 radical (unpaired) electrons. The van der Waals surface area contributed by atoms with Crippen LogP contribution in [0.15, 0.2) is 37.1 Å². The van der Waals surface area contributed by atoms with E-state index in [-0.39, 0.29) is 0 Å². The highest BCUT2D eigenvalue weighted by Gasteiger charge is 2.14. The molecule has 7 heteroatoms. The van der Waals surface area contributed by atoms with Crippen molar-refractivity contribution in [1.29, 1.82) is 5.41 Å². The van der Waals surface area contributed by atoms with Crippen LogP contribution in [0.25, 0.3) is 22.3 Å². The van der Waals surface area contributed by atoms with Gasteiger partial charge in [0.15, 0.2) is 0 Å². The highest BCUT2D eigenvalue weighted by Crippen LogP contribution is 2.25. The lowest BCUT2D eigenvalue weighted by Gasteiger charge is -2.08. The van der Waals surface area contributed by atoms with Gasteiger partial charge in [-0.25, -0.2) is 9.50 Å². The average Bonchev–Trinajstić information content (AvgIpc) is 3.23. The van der Waals surface area contributed by atoms with Gasteiger partial charge in [-0.1, -0.05) is 6.92 Å². The summed E-state index contributed by atoms with van der Waals surface area (Å²) in [6.07, 6.45) is 10.8. The molecule has 3 N–H and O–H groups in total. The number of aromatic nitrogens is 5. The van der Waals surface area contributed by atoms with E-state index in [0.29, 0.717) is 17.3 Å². The Bertz CT molecular complexity index is 872. The molecule has 23 heavy (non-hydrogen) atoms. The van der Waals surface area contributed by atoms with Crippen LogP contribution in [-0.2, 0) is 0 Å². The van der Waals surface area contributed by atoms with Crippen molar-refractivity contribution in [3.8, 4) is 11.3 Å². The van der Waals surface area contributed by atoms with Crippen molar-refractivity contribution in [2.45, 2.75) is 26.3 Å². The van der Waals surface area contributed by atoms with Gasteiger partial charge in [0.05, 0.1) is 35.5 Å². The smallest absolute Gasteiger partial charge is 0.0999 e. The van der Waals surface area contributed by atoms with E-state index in [4.69, 9.17) is 11.1 Å². The van der Waals surface area contributed by atoms with Crippen LogP contribution in [0.2, 0.25) is 0 Å². The minimum atomic E-state index is 0.328. The monoisotopic (exact) mass is 309 g/mol. The number of rotatable bonds is 5. The lowest BCUT2D eigenvalue weighted by atomic mass is 10.2. The maximum atomic E-state index is 7.47.